The molecule has 11 nitrogen and oxygen atoms in total. The summed E-state index contributed by atoms with van der Waals surface area (Å²) in [6.07, 6.45) is 0. The molecule has 0 fully saturated rings. The number of nitrogens with one attached hydrogen (secondary N) is 2. The molecule has 12 heteroatoms. The second-order valence-corrected chi connectivity index (χ2v) is 10.4. The minimum atomic E-state index is -1.46. The van der Waals surface area contributed by atoms with Gasteiger partial charge < -0.3 is 9.84 Å². The predicted octanol–water partition coefficient (Wildman–Crippen LogP) is 4.42. The Morgan fingerprint density at radius 3 is 2.50 bits per heavy atom. The third-order valence-electron chi connectivity index (χ3n) is 7.09. The fourth-order valence-corrected chi connectivity index (χ4v) is 4.99. The monoisotopic (exact) mass is 606 g/mol. The number of aromatic nitrogens is 4. The molecule has 1 aliphatic rings. The minimum Gasteiger partial charge on any atom is -0.489 e. The molecule has 1 atom stereocenters. The van der Waals surface area contributed by atoms with Gasteiger partial charge in [0.1, 0.15) is 18.1 Å². The van der Waals surface area contributed by atoms with Crippen LogP contribution in [0.4, 0.5) is 0 Å². The molecule has 0 saturated heterocycles. The van der Waals surface area contributed by atoms with Crippen LogP contribution in [0, 0.1) is 0 Å². The maximum Gasteiger partial charge on any atom is 0.258 e. The summed E-state index contributed by atoms with van der Waals surface area (Å²) in [7, 11) is 1.55. The Bertz CT molecular complexity index is 1810. The van der Waals surface area contributed by atoms with Crippen molar-refractivity contribution in [3.63, 3.8) is 0 Å². The van der Waals surface area contributed by atoms with Crippen molar-refractivity contribution in [2.24, 2.45) is 10.1 Å². The highest BCUT2D eigenvalue weighted by Gasteiger charge is 2.44. The van der Waals surface area contributed by atoms with Crippen LogP contribution in [-0.2, 0) is 12.2 Å². The van der Waals surface area contributed by atoms with Gasteiger partial charge in [0.25, 0.3) is 5.91 Å². The molecule has 0 saturated carbocycles. The van der Waals surface area contributed by atoms with Gasteiger partial charge >= 0.3 is 0 Å². The minimum absolute atomic E-state index is 0.0443. The molecule has 1 amide bonds. The summed E-state index contributed by atoms with van der Waals surface area (Å²) < 4.78 is 5.93. The molecule has 5 aromatic rings. The molecule has 0 aliphatic carbocycles. The first kappa shape index (κ1) is 28.7. The van der Waals surface area contributed by atoms with Gasteiger partial charge in [-0.2, -0.15) is 10.3 Å². The highest BCUT2D eigenvalue weighted by Crippen LogP contribution is 2.33. The van der Waals surface area contributed by atoms with Crippen LogP contribution in [0.25, 0.3) is 11.4 Å². The lowest BCUT2D eigenvalue weighted by atomic mass is 9.86. The smallest absolute Gasteiger partial charge is 0.258 e. The summed E-state index contributed by atoms with van der Waals surface area (Å²) in [6.45, 7) is 0.361. The number of hydrogen-bond donors (Lipinski definition) is 3. The molecule has 4 aromatic carbocycles. The summed E-state index contributed by atoms with van der Waals surface area (Å²) >= 11 is 6.11. The van der Waals surface area contributed by atoms with Crippen molar-refractivity contribution in [3.8, 4) is 17.1 Å². The first-order valence-electron chi connectivity index (χ1n) is 13.7. The molecule has 1 aliphatic heterocycles. The van der Waals surface area contributed by atoms with Gasteiger partial charge in [-0.15, -0.1) is 10.2 Å². The van der Waals surface area contributed by atoms with E-state index in [9.17, 15) is 9.90 Å². The summed E-state index contributed by atoms with van der Waals surface area (Å²) in [5, 5.41) is 35.6. The van der Waals surface area contributed by atoms with Crippen LogP contribution in [0.15, 0.2) is 113 Å². The molecular weight excluding hydrogens is 580 g/mol. The van der Waals surface area contributed by atoms with Gasteiger partial charge in [-0.1, -0.05) is 72.3 Å². The summed E-state index contributed by atoms with van der Waals surface area (Å²) in [5.41, 5.74) is 2.47. The Labute approximate surface area is 257 Å². The molecule has 1 aromatic heterocycles. The number of tetrazole rings is 1. The molecule has 3 N–H and O–H groups in total. The summed E-state index contributed by atoms with van der Waals surface area (Å²) in [5.74, 6) is 0.904. The number of aliphatic hydroxyl groups is 1. The van der Waals surface area contributed by atoms with E-state index in [4.69, 9.17) is 21.4 Å². The Morgan fingerprint density at radius 2 is 1.80 bits per heavy atom. The Hall–Kier alpha value is -5.39. The number of benzene rings is 4. The van der Waals surface area contributed by atoms with Gasteiger partial charge in [-0.3, -0.25) is 15.1 Å². The average Bonchev–Trinajstić information content (AvgIpc) is 3.73. The number of guanidine groups is 1. The number of amides is 1. The van der Waals surface area contributed by atoms with E-state index in [-0.39, 0.29) is 18.4 Å². The predicted molar refractivity (Wildman–Crippen MR) is 166 cm³/mol. The van der Waals surface area contributed by atoms with Crippen molar-refractivity contribution < 1.29 is 14.6 Å². The first-order valence-corrected chi connectivity index (χ1v) is 14.0. The van der Waals surface area contributed by atoms with Crippen molar-refractivity contribution in [3.05, 3.63) is 130 Å². The lowest BCUT2D eigenvalue weighted by molar-refractivity contribution is 0.0944. The lowest BCUT2D eigenvalue weighted by Gasteiger charge is -2.26. The fraction of sp³-hybridized carbons (Fsp3) is 0.125. The quantitative estimate of drug-likeness (QED) is 0.184. The van der Waals surface area contributed by atoms with Crippen LogP contribution in [0.1, 0.15) is 27.0 Å². The van der Waals surface area contributed by atoms with Gasteiger partial charge in [-0.25, -0.2) is 5.01 Å². The van der Waals surface area contributed by atoms with E-state index in [1.54, 1.807) is 55.6 Å². The van der Waals surface area contributed by atoms with Crippen molar-refractivity contribution >= 4 is 29.2 Å². The lowest BCUT2D eigenvalue weighted by Crippen LogP contribution is -2.45. The van der Waals surface area contributed by atoms with Crippen LogP contribution < -0.4 is 10.1 Å². The molecule has 0 radical (unpaired) electrons. The molecule has 0 bridgehead atoms. The fourth-order valence-electron chi connectivity index (χ4n) is 4.86. The van der Waals surface area contributed by atoms with Crippen LogP contribution in [0.3, 0.4) is 0 Å². The number of nitrogens with zero attached hydrogens (tertiary/aromatic N) is 6. The van der Waals surface area contributed by atoms with Crippen molar-refractivity contribution in [2.75, 3.05) is 13.6 Å². The standard InChI is InChI=1S/C32H27ClN8O3/c1-34-31(41-20-32(43,25-8-3-2-4-9-25)28(38-41)22-10-14-26(33)15-11-22)35-30(42)23-12-16-27(17-13-23)44-19-21-6-5-7-24(18-21)29-36-39-40-37-29/h2-18,43H,19-20H2,1H3,(H,34,35,42)(H,36,37,39,40). The first-order chi connectivity index (χ1) is 21.4. The zero-order chi connectivity index (χ0) is 30.5. The van der Waals surface area contributed by atoms with E-state index in [0.717, 1.165) is 11.1 Å². The zero-order valence-electron chi connectivity index (χ0n) is 23.6. The zero-order valence-corrected chi connectivity index (χ0v) is 24.3. The topological polar surface area (TPSA) is 141 Å². The van der Waals surface area contributed by atoms with E-state index >= 15 is 0 Å². The number of carbonyl (C=O) groups excluding carboxylic acids is 1. The highest BCUT2D eigenvalue weighted by molar-refractivity contribution is 6.30. The number of ether oxygens (including phenoxy) is 1. The maximum absolute atomic E-state index is 13.2. The van der Waals surface area contributed by atoms with Crippen molar-refractivity contribution in [2.45, 2.75) is 12.2 Å². The van der Waals surface area contributed by atoms with Crippen molar-refractivity contribution in [1.29, 1.82) is 0 Å². The third-order valence-corrected chi connectivity index (χ3v) is 7.35. The number of hydrazone groups is 1. The number of H-pyrrole nitrogens is 1. The number of β-amino-alcohol motifs (C(OH)–C–C–N with tert-alkyl or cyclic N) is 1. The maximum atomic E-state index is 13.2. The van der Waals surface area contributed by atoms with Crippen LogP contribution in [0.5, 0.6) is 5.75 Å². The van der Waals surface area contributed by atoms with Gasteiger partial charge in [0.15, 0.2) is 5.60 Å². The molecule has 44 heavy (non-hydrogen) atoms. The molecule has 1 unspecified atom stereocenters. The number of aliphatic imine (C=N–C) groups is 1. The molecule has 2 heterocycles. The average molecular weight is 607 g/mol. The van der Waals surface area contributed by atoms with Crippen LogP contribution in [0.2, 0.25) is 5.02 Å². The second kappa shape index (κ2) is 12.5. The number of carbonyl (C=O) groups is 1. The summed E-state index contributed by atoms with van der Waals surface area (Å²) in [4.78, 5) is 17.5. The normalized spacial score (nSPS) is 16.5. The van der Waals surface area contributed by atoms with Gasteiger partial charge in [0, 0.05) is 28.8 Å². The van der Waals surface area contributed by atoms with E-state index in [2.05, 4.69) is 30.9 Å². The second-order valence-electron chi connectivity index (χ2n) is 9.99. The van der Waals surface area contributed by atoms with E-state index in [1.807, 2.05) is 54.6 Å². The van der Waals surface area contributed by atoms with Crippen LogP contribution in [-0.4, -0.2) is 61.9 Å². The summed E-state index contributed by atoms with van der Waals surface area (Å²) in [6, 6.07) is 30.8. The number of aromatic amines is 1. The molecule has 6 rings (SSSR count). The largest absolute Gasteiger partial charge is 0.489 e. The van der Waals surface area contributed by atoms with Gasteiger partial charge in [0.2, 0.25) is 11.8 Å². The number of hydrogen-bond acceptors (Lipinski definition) is 8. The number of halogens is 1. The number of rotatable bonds is 7. The molecular formula is C32H27ClN8O3. The van der Waals surface area contributed by atoms with Gasteiger partial charge in [0.05, 0.1) is 6.54 Å². The Morgan fingerprint density at radius 1 is 1.02 bits per heavy atom. The molecule has 0 spiro atoms. The Kier molecular flexibility index (Phi) is 8.13. The SMILES string of the molecule is CN=C(NC(=O)c1ccc(OCc2cccc(-c3nn[nH]n3)c2)cc1)N1CC(O)(c2ccccc2)C(c2ccc(Cl)cc2)=N1. The van der Waals surface area contributed by atoms with Crippen molar-refractivity contribution in [1.82, 2.24) is 30.9 Å². The van der Waals surface area contributed by atoms with Gasteiger partial charge in [-0.05, 0) is 58.8 Å². The highest BCUT2D eigenvalue weighted by atomic mass is 35.5. The third kappa shape index (κ3) is 6.05. The van der Waals surface area contributed by atoms with Crippen LogP contribution >= 0.6 is 11.6 Å². The Balaban J connectivity index is 1.14. The van der Waals surface area contributed by atoms with E-state index < -0.39 is 5.60 Å². The van der Waals surface area contributed by atoms with E-state index in [0.29, 0.717) is 45.6 Å². The van der Waals surface area contributed by atoms with E-state index in [1.165, 1.54) is 5.01 Å². The molecule has 220 valence electrons.